The molecule has 0 spiro atoms. The Labute approximate surface area is 313 Å². The van der Waals surface area contributed by atoms with E-state index in [0.29, 0.717) is 13.1 Å². The lowest BCUT2D eigenvalue weighted by Gasteiger charge is -2.44. The summed E-state index contributed by atoms with van der Waals surface area (Å²) in [5.41, 5.74) is 8.54. The van der Waals surface area contributed by atoms with Gasteiger partial charge in [0.2, 0.25) is 0 Å². The van der Waals surface area contributed by atoms with E-state index >= 15 is 0 Å². The number of hydrogen-bond donors (Lipinski definition) is 3. The minimum absolute atomic E-state index is 0.0157. The van der Waals surface area contributed by atoms with Gasteiger partial charge in [-0.3, -0.25) is 9.80 Å². The molecule has 0 bridgehead atoms. The number of rotatable bonds is 12. The fourth-order valence-electron chi connectivity index (χ4n) is 7.27. The SMILES string of the molecule is CC1C(CN2CCN(Cc3ccccc3)CC2)OC(c2ccc(-c3cccc(CNC(=O)NCc4ccccc4)c3)cc2)OC1c1ccc(CO)cc1. The maximum absolute atomic E-state index is 12.4. The van der Waals surface area contributed by atoms with E-state index in [4.69, 9.17) is 9.47 Å². The van der Waals surface area contributed by atoms with E-state index in [-0.39, 0.29) is 30.8 Å². The highest BCUT2D eigenvalue weighted by Crippen LogP contribution is 2.42. The number of amides is 2. The summed E-state index contributed by atoms with van der Waals surface area (Å²) in [4.78, 5) is 17.5. The van der Waals surface area contributed by atoms with Gasteiger partial charge in [0.1, 0.15) is 0 Å². The first-order chi connectivity index (χ1) is 26.0. The summed E-state index contributed by atoms with van der Waals surface area (Å²) in [6.45, 7) is 9.05. The first kappa shape index (κ1) is 36.5. The molecule has 5 aromatic carbocycles. The maximum atomic E-state index is 12.4. The number of piperazine rings is 1. The predicted octanol–water partition coefficient (Wildman–Crippen LogP) is 7.45. The fourth-order valence-corrected chi connectivity index (χ4v) is 7.27. The highest BCUT2D eigenvalue weighted by molar-refractivity contribution is 5.74. The van der Waals surface area contributed by atoms with Crippen LogP contribution >= 0.6 is 0 Å². The van der Waals surface area contributed by atoms with Crippen LogP contribution in [0.15, 0.2) is 133 Å². The van der Waals surface area contributed by atoms with Crippen LogP contribution in [0.3, 0.4) is 0 Å². The van der Waals surface area contributed by atoms with Crippen molar-refractivity contribution in [2.75, 3.05) is 32.7 Å². The summed E-state index contributed by atoms with van der Waals surface area (Å²) in [6.07, 6.45) is -0.692. The van der Waals surface area contributed by atoms with Gasteiger partial charge >= 0.3 is 6.03 Å². The molecule has 2 aliphatic rings. The third kappa shape index (κ3) is 9.79. The zero-order valence-electron chi connectivity index (χ0n) is 30.4. The number of aliphatic hydroxyl groups excluding tert-OH is 1. The Hall–Kier alpha value is -4.83. The second kappa shape index (κ2) is 17.8. The van der Waals surface area contributed by atoms with E-state index in [9.17, 15) is 9.90 Å². The average Bonchev–Trinajstić information content (AvgIpc) is 3.22. The van der Waals surface area contributed by atoms with E-state index in [1.165, 1.54) is 5.56 Å². The molecule has 0 saturated carbocycles. The average molecular weight is 711 g/mol. The van der Waals surface area contributed by atoms with Crippen LogP contribution < -0.4 is 10.6 Å². The quantitative estimate of drug-likeness (QED) is 0.125. The fraction of sp³-hybridized carbons (Fsp3) is 0.311. The van der Waals surface area contributed by atoms with Crippen LogP contribution in [-0.4, -0.2) is 59.8 Å². The summed E-state index contributed by atoms with van der Waals surface area (Å²) in [6, 6.07) is 45.2. The molecule has 2 fully saturated rings. The topological polar surface area (TPSA) is 86.3 Å². The molecule has 7 rings (SSSR count). The molecule has 0 aromatic heterocycles. The second-order valence-electron chi connectivity index (χ2n) is 14.2. The van der Waals surface area contributed by atoms with Gasteiger partial charge < -0.3 is 25.2 Å². The van der Waals surface area contributed by atoms with Gasteiger partial charge in [0.25, 0.3) is 0 Å². The Bertz CT molecular complexity index is 1880. The Kier molecular flexibility index (Phi) is 12.3. The molecule has 2 saturated heterocycles. The third-order valence-corrected chi connectivity index (χ3v) is 10.5. The Balaban J connectivity index is 1.00. The summed E-state index contributed by atoms with van der Waals surface area (Å²) >= 11 is 0. The van der Waals surface area contributed by atoms with Crippen molar-refractivity contribution in [2.45, 2.75) is 51.7 Å². The molecule has 0 radical (unpaired) electrons. The molecule has 4 unspecified atom stereocenters. The standard InChI is InChI=1S/C45H50N4O4/c1-33-42(31-49-25-23-48(24-26-49)30-35-11-6-3-7-12-35)52-44(53-43(33)39-17-15-36(32-50)16-18-39)40-21-19-38(20-22-40)41-14-8-13-37(27-41)29-47-45(51)46-28-34-9-4-2-5-10-34/h2-22,27,33,42-44,50H,23-26,28-32H2,1H3,(H2,46,47,51). The molecule has 2 heterocycles. The molecule has 5 aromatic rings. The van der Waals surface area contributed by atoms with Gasteiger partial charge in [-0.1, -0.05) is 134 Å². The molecule has 0 aliphatic carbocycles. The number of hydrogen-bond acceptors (Lipinski definition) is 6. The Morgan fingerprint density at radius 3 is 1.92 bits per heavy atom. The zero-order chi connectivity index (χ0) is 36.4. The molecule has 2 amide bonds. The van der Waals surface area contributed by atoms with Crippen LogP contribution in [0.5, 0.6) is 0 Å². The lowest BCUT2D eigenvalue weighted by Crippen LogP contribution is -2.51. The normalized spacial score (nSPS) is 20.9. The predicted molar refractivity (Wildman–Crippen MR) is 209 cm³/mol. The maximum Gasteiger partial charge on any atom is 0.315 e. The molecule has 8 heteroatoms. The third-order valence-electron chi connectivity index (χ3n) is 10.5. The van der Waals surface area contributed by atoms with Crippen molar-refractivity contribution < 1.29 is 19.4 Å². The van der Waals surface area contributed by atoms with Crippen LogP contribution in [0.25, 0.3) is 11.1 Å². The second-order valence-corrected chi connectivity index (χ2v) is 14.2. The molecule has 3 N–H and O–H groups in total. The smallest absolute Gasteiger partial charge is 0.315 e. The van der Waals surface area contributed by atoms with E-state index in [1.807, 2.05) is 54.6 Å². The number of nitrogens with zero attached hydrogens (tertiary/aromatic N) is 2. The minimum atomic E-state index is -0.517. The molecule has 2 aliphatic heterocycles. The van der Waals surface area contributed by atoms with E-state index in [2.05, 4.69) is 106 Å². The molecule has 4 atom stereocenters. The zero-order valence-corrected chi connectivity index (χ0v) is 30.4. The first-order valence-corrected chi connectivity index (χ1v) is 18.7. The van der Waals surface area contributed by atoms with Crippen molar-refractivity contribution in [1.82, 2.24) is 20.4 Å². The van der Waals surface area contributed by atoms with Crippen LogP contribution in [0.2, 0.25) is 0 Å². The highest BCUT2D eigenvalue weighted by atomic mass is 16.7. The molecule has 8 nitrogen and oxygen atoms in total. The van der Waals surface area contributed by atoms with Crippen molar-refractivity contribution in [3.8, 4) is 11.1 Å². The molecular weight excluding hydrogens is 661 g/mol. The summed E-state index contributed by atoms with van der Waals surface area (Å²) in [5.74, 6) is 0.129. The number of nitrogens with one attached hydrogen (secondary N) is 2. The summed E-state index contributed by atoms with van der Waals surface area (Å²) in [7, 11) is 0. The van der Waals surface area contributed by atoms with Crippen molar-refractivity contribution in [1.29, 1.82) is 0 Å². The van der Waals surface area contributed by atoms with Crippen LogP contribution in [0, 0.1) is 5.92 Å². The van der Waals surface area contributed by atoms with E-state index in [0.717, 1.165) is 78.2 Å². The number of urea groups is 1. The van der Waals surface area contributed by atoms with E-state index in [1.54, 1.807) is 0 Å². The largest absolute Gasteiger partial charge is 0.392 e. The van der Waals surface area contributed by atoms with Crippen molar-refractivity contribution in [3.05, 3.63) is 167 Å². The number of benzene rings is 5. The van der Waals surface area contributed by atoms with Gasteiger partial charge in [-0.25, -0.2) is 4.79 Å². The molecule has 53 heavy (non-hydrogen) atoms. The summed E-state index contributed by atoms with van der Waals surface area (Å²) < 4.78 is 13.6. The molecule has 274 valence electrons. The number of carbonyl (C=O) groups is 1. The Morgan fingerprint density at radius 2 is 1.25 bits per heavy atom. The first-order valence-electron chi connectivity index (χ1n) is 18.7. The lowest BCUT2D eigenvalue weighted by atomic mass is 9.89. The number of aliphatic hydroxyl groups is 1. The van der Waals surface area contributed by atoms with Gasteiger partial charge in [0.05, 0.1) is 18.8 Å². The minimum Gasteiger partial charge on any atom is -0.392 e. The van der Waals surface area contributed by atoms with Crippen LogP contribution in [-0.2, 0) is 35.7 Å². The van der Waals surface area contributed by atoms with Crippen molar-refractivity contribution in [2.24, 2.45) is 5.92 Å². The van der Waals surface area contributed by atoms with Gasteiger partial charge in [-0.05, 0) is 45.0 Å². The summed E-state index contributed by atoms with van der Waals surface area (Å²) in [5, 5.41) is 15.5. The Morgan fingerprint density at radius 1 is 0.642 bits per heavy atom. The lowest BCUT2D eigenvalue weighted by molar-refractivity contribution is -0.276. The van der Waals surface area contributed by atoms with Crippen molar-refractivity contribution >= 4 is 6.03 Å². The molecular formula is C45H50N4O4. The monoisotopic (exact) mass is 710 g/mol. The van der Waals surface area contributed by atoms with Gasteiger partial charge in [-0.2, -0.15) is 0 Å². The van der Waals surface area contributed by atoms with Gasteiger partial charge in [0.15, 0.2) is 6.29 Å². The van der Waals surface area contributed by atoms with Crippen LogP contribution in [0.1, 0.15) is 52.7 Å². The van der Waals surface area contributed by atoms with Crippen LogP contribution in [0.4, 0.5) is 4.79 Å². The highest BCUT2D eigenvalue weighted by Gasteiger charge is 2.39. The number of ether oxygens (including phenoxy) is 2. The van der Waals surface area contributed by atoms with E-state index < -0.39 is 6.29 Å². The van der Waals surface area contributed by atoms with Gasteiger partial charge in [0, 0.05) is 63.8 Å². The number of carbonyl (C=O) groups excluding carboxylic acids is 1. The van der Waals surface area contributed by atoms with Gasteiger partial charge in [-0.15, -0.1) is 0 Å². The van der Waals surface area contributed by atoms with Crippen molar-refractivity contribution in [3.63, 3.8) is 0 Å².